The molecule has 0 spiro atoms. The Morgan fingerprint density at radius 3 is 2.16 bits per heavy atom. The Bertz CT molecular complexity index is 1210. The fourth-order valence-electron chi connectivity index (χ4n) is 4.21. The lowest BCUT2D eigenvalue weighted by Gasteiger charge is -2.46. The maximum atomic E-state index is 13.8. The molecule has 0 unspecified atom stereocenters. The molecule has 1 atom stereocenters. The number of halogens is 1. The highest BCUT2D eigenvalue weighted by Gasteiger charge is 2.39. The highest BCUT2D eigenvalue weighted by molar-refractivity contribution is 6.30. The summed E-state index contributed by atoms with van der Waals surface area (Å²) >= 11 is 6.38. The third-order valence-corrected chi connectivity index (χ3v) is 5.81. The topological polar surface area (TPSA) is 23.6 Å². The lowest BCUT2D eigenvalue weighted by molar-refractivity contribution is 0.0968. The number of benzene rings is 4. The maximum Gasteiger partial charge on any atom is 0.262 e. The standard InChI is InChI=1S/C27H21ClN2O/c28-22-13-9-12-21(18-22)26-29(19-20-10-3-1-4-11-20)25-17-8-7-16-24(25)27(31)30(26)23-14-5-2-6-15-23/h1-18,26H,19H2/t26-/m0/s1. The average molecular weight is 425 g/mol. The molecule has 0 saturated carbocycles. The summed E-state index contributed by atoms with van der Waals surface area (Å²) in [6.45, 7) is 0.658. The van der Waals surface area contributed by atoms with E-state index in [4.69, 9.17) is 11.6 Å². The van der Waals surface area contributed by atoms with Crippen LogP contribution in [0.4, 0.5) is 11.4 Å². The van der Waals surface area contributed by atoms with Crippen molar-refractivity contribution in [2.24, 2.45) is 0 Å². The zero-order chi connectivity index (χ0) is 21.2. The number of rotatable bonds is 4. The highest BCUT2D eigenvalue weighted by Crippen LogP contribution is 2.42. The molecule has 0 fully saturated rings. The predicted octanol–water partition coefficient (Wildman–Crippen LogP) is 6.71. The Kier molecular flexibility index (Phi) is 5.19. The second-order valence-corrected chi connectivity index (χ2v) is 8.01. The van der Waals surface area contributed by atoms with E-state index in [1.54, 1.807) is 0 Å². The fourth-order valence-corrected chi connectivity index (χ4v) is 4.41. The van der Waals surface area contributed by atoms with E-state index in [-0.39, 0.29) is 12.1 Å². The van der Waals surface area contributed by atoms with E-state index < -0.39 is 0 Å². The molecule has 4 aromatic carbocycles. The van der Waals surface area contributed by atoms with E-state index >= 15 is 0 Å². The van der Waals surface area contributed by atoms with Gasteiger partial charge in [-0.1, -0.05) is 84.4 Å². The molecule has 1 amide bonds. The average Bonchev–Trinajstić information content (AvgIpc) is 2.82. The minimum Gasteiger partial charge on any atom is -0.342 e. The van der Waals surface area contributed by atoms with Crippen LogP contribution in [0.15, 0.2) is 109 Å². The first-order chi connectivity index (χ1) is 15.2. The highest BCUT2D eigenvalue weighted by atomic mass is 35.5. The lowest BCUT2D eigenvalue weighted by atomic mass is 9.99. The molecule has 1 heterocycles. The number of carbonyl (C=O) groups is 1. The van der Waals surface area contributed by atoms with Crippen LogP contribution in [0.5, 0.6) is 0 Å². The van der Waals surface area contributed by atoms with E-state index in [2.05, 4.69) is 17.0 Å². The third kappa shape index (κ3) is 3.69. The van der Waals surface area contributed by atoms with Crippen LogP contribution in [0.3, 0.4) is 0 Å². The number of carbonyl (C=O) groups excluding carboxylic acids is 1. The fraction of sp³-hybridized carbons (Fsp3) is 0.0741. The molecule has 0 aliphatic carbocycles. The van der Waals surface area contributed by atoms with Crippen LogP contribution < -0.4 is 9.80 Å². The second kappa shape index (κ2) is 8.29. The summed E-state index contributed by atoms with van der Waals surface area (Å²) in [7, 11) is 0. The molecular formula is C27H21ClN2O. The molecule has 0 N–H and O–H groups in total. The molecule has 152 valence electrons. The summed E-state index contributed by atoms with van der Waals surface area (Å²) < 4.78 is 0. The van der Waals surface area contributed by atoms with Gasteiger partial charge in [0.15, 0.2) is 0 Å². The summed E-state index contributed by atoms with van der Waals surface area (Å²) in [6, 6.07) is 35.8. The van der Waals surface area contributed by atoms with Gasteiger partial charge in [0.25, 0.3) is 5.91 Å². The molecule has 0 saturated heterocycles. The molecule has 1 aliphatic rings. The van der Waals surface area contributed by atoms with Gasteiger partial charge in [0.2, 0.25) is 0 Å². The van der Waals surface area contributed by atoms with Gasteiger partial charge in [-0.3, -0.25) is 9.69 Å². The SMILES string of the molecule is O=C1c2ccccc2N(Cc2ccccc2)[C@H](c2cccc(Cl)c2)N1c1ccccc1. The van der Waals surface area contributed by atoms with Crippen LogP contribution in [0.25, 0.3) is 0 Å². The zero-order valence-corrected chi connectivity index (χ0v) is 17.6. The number of para-hydroxylation sites is 2. The first-order valence-corrected chi connectivity index (χ1v) is 10.6. The van der Waals surface area contributed by atoms with E-state index in [9.17, 15) is 4.79 Å². The summed E-state index contributed by atoms with van der Waals surface area (Å²) in [5.41, 5.74) is 4.61. The van der Waals surface area contributed by atoms with Crippen molar-refractivity contribution in [3.8, 4) is 0 Å². The van der Waals surface area contributed by atoms with Gasteiger partial charge in [0, 0.05) is 17.3 Å². The van der Waals surface area contributed by atoms with E-state index in [0.29, 0.717) is 17.1 Å². The molecule has 31 heavy (non-hydrogen) atoms. The normalized spacial score (nSPS) is 15.6. The number of nitrogens with zero attached hydrogens (tertiary/aromatic N) is 2. The molecule has 4 aromatic rings. The molecule has 1 aliphatic heterocycles. The third-order valence-electron chi connectivity index (χ3n) is 5.58. The lowest BCUT2D eigenvalue weighted by Crippen LogP contribution is -2.49. The summed E-state index contributed by atoms with van der Waals surface area (Å²) in [6.07, 6.45) is -0.330. The first kappa shape index (κ1) is 19.4. The Hall–Kier alpha value is -3.56. The van der Waals surface area contributed by atoms with Gasteiger partial charge in [-0.2, -0.15) is 0 Å². The number of hydrogen-bond acceptors (Lipinski definition) is 2. The van der Waals surface area contributed by atoms with Gasteiger partial charge < -0.3 is 4.90 Å². The Morgan fingerprint density at radius 1 is 0.742 bits per heavy atom. The molecule has 5 rings (SSSR count). The Labute approximate surface area is 187 Å². The number of fused-ring (bicyclic) bond motifs is 1. The van der Waals surface area contributed by atoms with Crippen molar-refractivity contribution < 1.29 is 4.79 Å². The van der Waals surface area contributed by atoms with Gasteiger partial charge in [0.05, 0.1) is 11.3 Å². The maximum absolute atomic E-state index is 13.8. The smallest absolute Gasteiger partial charge is 0.262 e. The van der Waals surface area contributed by atoms with Crippen molar-refractivity contribution in [1.82, 2.24) is 0 Å². The number of anilines is 2. The monoisotopic (exact) mass is 424 g/mol. The number of hydrogen-bond donors (Lipinski definition) is 0. The van der Waals surface area contributed by atoms with Crippen LogP contribution in [0.1, 0.15) is 27.7 Å². The molecule has 0 bridgehead atoms. The Balaban J connectivity index is 1.73. The second-order valence-electron chi connectivity index (χ2n) is 7.57. The minimum absolute atomic E-state index is 0.0175. The van der Waals surface area contributed by atoms with Crippen LogP contribution in [-0.2, 0) is 6.54 Å². The summed E-state index contributed by atoms with van der Waals surface area (Å²) in [5, 5.41) is 0.650. The van der Waals surface area contributed by atoms with Gasteiger partial charge >= 0.3 is 0 Å². The van der Waals surface area contributed by atoms with Crippen molar-refractivity contribution in [2.45, 2.75) is 12.7 Å². The predicted molar refractivity (Wildman–Crippen MR) is 127 cm³/mol. The van der Waals surface area contributed by atoms with Crippen molar-refractivity contribution >= 4 is 28.9 Å². The van der Waals surface area contributed by atoms with Crippen LogP contribution >= 0.6 is 11.6 Å². The largest absolute Gasteiger partial charge is 0.342 e. The molecule has 4 heteroatoms. The molecule has 0 radical (unpaired) electrons. The molecular weight excluding hydrogens is 404 g/mol. The summed E-state index contributed by atoms with van der Waals surface area (Å²) in [4.78, 5) is 17.9. The quantitative estimate of drug-likeness (QED) is 0.363. The van der Waals surface area contributed by atoms with Crippen molar-refractivity contribution in [2.75, 3.05) is 9.80 Å². The van der Waals surface area contributed by atoms with Gasteiger partial charge in [-0.25, -0.2) is 0 Å². The minimum atomic E-state index is -0.330. The van der Waals surface area contributed by atoms with Crippen LogP contribution in [0.2, 0.25) is 5.02 Å². The van der Waals surface area contributed by atoms with Crippen molar-refractivity contribution in [1.29, 1.82) is 0 Å². The molecule has 0 aromatic heterocycles. The van der Waals surface area contributed by atoms with Gasteiger partial charge in [-0.05, 0) is 47.5 Å². The van der Waals surface area contributed by atoms with Gasteiger partial charge in [0.1, 0.15) is 6.17 Å². The van der Waals surface area contributed by atoms with Crippen molar-refractivity contribution in [3.63, 3.8) is 0 Å². The Morgan fingerprint density at radius 2 is 1.42 bits per heavy atom. The first-order valence-electron chi connectivity index (χ1n) is 10.3. The summed E-state index contributed by atoms with van der Waals surface area (Å²) in [5.74, 6) is -0.0175. The molecule has 3 nitrogen and oxygen atoms in total. The van der Waals surface area contributed by atoms with E-state index in [1.165, 1.54) is 5.56 Å². The zero-order valence-electron chi connectivity index (χ0n) is 16.9. The van der Waals surface area contributed by atoms with E-state index in [1.807, 2.05) is 102 Å². The van der Waals surface area contributed by atoms with Gasteiger partial charge in [-0.15, -0.1) is 0 Å². The number of amides is 1. The van der Waals surface area contributed by atoms with Crippen molar-refractivity contribution in [3.05, 3.63) is 131 Å². The van der Waals surface area contributed by atoms with Crippen LogP contribution in [0, 0.1) is 0 Å². The van der Waals surface area contributed by atoms with E-state index in [0.717, 1.165) is 16.9 Å². The van der Waals surface area contributed by atoms with Crippen LogP contribution in [-0.4, -0.2) is 5.91 Å².